The fourth-order valence-electron chi connectivity index (χ4n) is 1.64. The molecule has 0 aromatic heterocycles. The van der Waals surface area contributed by atoms with Crippen molar-refractivity contribution in [3.8, 4) is 0 Å². The van der Waals surface area contributed by atoms with Gasteiger partial charge in [-0.2, -0.15) is 0 Å². The Kier molecular flexibility index (Phi) is 4.59. The fourth-order valence-corrected chi connectivity index (χ4v) is 3.50. The van der Waals surface area contributed by atoms with Crippen LogP contribution in [0.2, 0.25) is 0 Å². The maximum Gasteiger partial charge on any atom is 0.184 e. The largest absolute Gasteiger partial charge is 0.330 e. The van der Waals surface area contributed by atoms with Crippen molar-refractivity contribution in [2.45, 2.75) is 29.9 Å². The molecule has 2 N–H and O–H groups in total. The summed E-state index contributed by atoms with van der Waals surface area (Å²) in [5.41, 5.74) is 5.32. The molecule has 96 valence electrons. The molecular formula is C11H15F2NO2S. The smallest absolute Gasteiger partial charge is 0.184 e. The van der Waals surface area contributed by atoms with Gasteiger partial charge in [0.1, 0.15) is 16.5 Å². The van der Waals surface area contributed by atoms with E-state index < -0.39 is 31.6 Å². The molecule has 1 unspecified atom stereocenters. The number of hydrogen-bond acceptors (Lipinski definition) is 3. The molecule has 1 atom stereocenters. The van der Waals surface area contributed by atoms with Gasteiger partial charge in [0.05, 0.1) is 5.25 Å². The van der Waals surface area contributed by atoms with Crippen molar-refractivity contribution >= 4 is 9.84 Å². The zero-order valence-corrected chi connectivity index (χ0v) is 10.3. The molecule has 0 saturated carbocycles. The standard InChI is InChI=1S/C11H15F2NO2S/c1-2-9(5-6-14)17(15,16)11-7-8(12)3-4-10(11)13/h3-4,7,9H,2,5-6,14H2,1H3. The third-order valence-corrected chi connectivity index (χ3v) is 4.96. The van der Waals surface area contributed by atoms with Gasteiger partial charge in [0.25, 0.3) is 0 Å². The molecule has 0 amide bonds. The molecule has 0 bridgehead atoms. The molecule has 1 aromatic rings. The van der Waals surface area contributed by atoms with E-state index in [0.717, 1.165) is 12.1 Å². The maximum absolute atomic E-state index is 13.4. The second-order valence-corrected chi connectivity index (χ2v) is 5.92. The van der Waals surface area contributed by atoms with Crippen molar-refractivity contribution in [2.24, 2.45) is 5.73 Å². The molecule has 0 aliphatic rings. The second-order valence-electron chi connectivity index (χ2n) is 3.73. The highest BCUT2D eigenvalue weighted by molar-refractivity contribution is 7.92. The maximum atomic E-state index is 13.4. The zero-order chi connectivity index (χ0) is 13.1. The van der Waals surface area contributed by atoms with E-state index in [1.807, 2.05) is 0 Å². The van der Waals surface area contributed by atoms with E-state index >= 15 is 0 Å². The summed E-state index contributed by atoms with van der Waals surface area (Å²) in [7, 11) is -3.86. The van der Waals surface area contributed by atoms with Crippen LogP contribution in [0.3, 0.4) is 0 Å². The normalized spacial score (nSPS) is 13.6. The summed E-state index contributed by atoms with van der Waals surface area (Å²) in [5, 5.41) is -0.774. The molecule has 17 heavy (non-hydrogen) atoms. The van der Waals surface area contributed by atoms with Crippen LogP contribution in [0.1, 0.15) is 19.8 Å². The molecule has 0 spiro atoms. The SMILES string of the molecule is CCC(CCN)S(=O)(=O)c1cc(F)ccc1F. The number of benzene rings is 1. The van der Waals surface area contributed by atoms with Gasteiger partial charge in [0.15, 0.2) is 9.84 Å². The molecule has 0 fully saturated rings. The van der Waals surface area contributed by atoms with Gasteiger partial charge in [-0.1, -0.05) is 6.92 Å². The van der Waals surface area contributed by atoms with Crippen molar-refractivity contribution in [1.29, 1.82) is 0 Å². The molecular weight excluding hydrogens is 248 g/mol. The number of sulfone groups is 1. The Morgan fingerprint density at radius 1 is 1.35 bits per heavy atom. The van der Waals surface area contributed by atoms with Crippen LogP contribution in [0.15, 0.2) is 23.1 Å². The summed E-state index contributed by atoms with van der Waals surface area (Å²) in [4.78, 5) is -0.585. The highest BCUT2D eigenvalue weighted by Crippen LogP contribution is 2.23. The molecule has 6 heteroatoms. The van der Waals surface area contributed by atoms with Crippen molar-refractivity contribution < 1.29 is 17.2 Å². The monoisotopic (exact) mass is 263 g/mol. The Morgan fingerprint density at radius 2 is 2.00 bits per heavy atom. The number of halogens is 2. The Balaban J connectivity index is 3.24. The lowest BCUT2D eigenvalue weighted by atomic mass is 10.2. The lowest BCUT2D eigenvalue weighted by molar-refractivity contribution is 0.538. The minimum Gasteiger partial charge on any atom is -0.330 e. The third-order valence-electron chi connectivity index (χ3n) is 2.58. The second kappa shape index (κ2) is 5.55. The predicted molar refractivity (Wildman–Crippen MR) is 61.3 cm³/mol. The number of rotatable bonds is 5. The quantitative estimate of drug-likeness (QED) is 0.882. The van der Waals surface area contributed by atoms with Gasteiger partial charge in [0.2, 0.25) is 0 Å². The van der Waals surface area contributed by atoms with Crippen molar-refractivity contribution in [3.63, 3.8) is 0 Å². The highest BCUT2D eigenvalue weighted by Gasteiger charge is 2.28. The van der Waals surface area contributed by atoms with Gasteiger partial charge in [-0.15, -0.1) is 0 Å². The Labute approximate surface area is 99.6 Å². The first-order valence-electron chi connectivity index (χ1n) is 5.32. The van der Waals surface area contributed by atoms with Crippen LogP contribution in [0.5, 0.6) is 0 Å². The lowest BCUT2D eigenvalue weighted by Gasteiger charge is -2.15. The predicted octanol–water partition coefficient (Wildman–Crippen LogP) is 1.87. The Hall–Kier alpha value is -1.01. The molecule has 0 saturated heterocycles. The van der Waals surface area contributed by atoms with Crippen LogP contribution in [-0.2, 0) is 9.84 Å². The summed E-state index contributed by atoms with van der Waals surface area (Å²) < 4.78 is 50.5. The first-order valence-corrected chi connectivity index (χ1v) is 6.87. The highest BCUT2D eigenvalue weighted by atomic mass is 32.2. The molecule has 1 aromatic carbocycles. The van der Waals surface area contributed by atoms with Gasteiger partial charge in [0, 0.05) is 0 Å². The van der Waals surface area contributed by atoms with Gasteiger partial charge in [-0.3, -0.25) is 0 Å². The van der Waals surface area contributed by atoms with Gasteiger partial charge in [-0.05, 0) is 37.6 Å². The summed E-state index contributed by atoms with van der Waals surface area (Å²) >= 11 is 0. The molecule has 0 aliphatic carbocycles. The van der Waals surface area contributed by atoms with Gasteiger partial charge in [-0.25, -0.2) is 17.2 Å². The van der Waals surface area contributed by atoms with E-state index in [1.165, 1.54) is 0 Å². The minimum absolute atomic E-state index is 0.189. The Morgan fingerprint density at radius 3 is 2.53 bits per heavy atom. The summed E-state index contributed by atoms with van der Waals surface area (Å²) in [6.45, 7) is 1.86. The third kappa shape index (κ3) is 3.01. The molecule has 1 rings (SSSR count). The van der Waals surface area contributed by atoms with E-state index in [-0.39, 0.29) is 13.0 Å². The minimum atomic E-state index is -3.86. The van der Waals surface area contributed by atoms with Crippen LogP contribution in [0.25, 0.3) is 0 Å². The topological polar surface area (TPSA) is 60.2 Å². The summed E-state index contributed by atoms with van der Waals surface area (Å²) in [6, 6.07) is 2.42. The summed E-state index contributed by atoms with van der Waals surface area (Å²) in [5.74, 6) is -1.70. The van der Waals surface area contributed by atoms with E-state index in [2.05, 4.69) is 0 Å². The number of hydrogen-bond donors (Lipinski definition) is 1. The van der Waals surface area contributed by atoms with Crippen LogP contribution in [0.4, 0.5) is 8.78 Å². The van der Waals surface area contributed by atoms with E-state index in [1.54, 1.807) is 6.92 Å². The van der Waals surface area contributed by atoms with Crippen LogP contribution < -0.4 is 5.73 Å². The summed E-state index contributed by atoms with van der Waals surface area (Å²) in [6.07, 6.45) is 0.546. The average Bonchev–Trinajstić information content (AvgIpc) is 2.28. The molecule has 3 nitrogen and oxygen atoms in total. The van der Waals surface area contributed by atoms with Gasteiger partial charge >= 0.3 is 0 Å². The van der Waals surface area contributed by atoms with E-state index in [0.29, 0.717) is 12.5 Å². The van der Waals surface area contributed by atoms with Crippen molar-refractivity contribution in [3.05, 3.63) is 29.8 Å². The van der Waals surface area contributed by atoms with E-state index in [9.17, 15) is 17.2 Å². The molecule has 0 heterocycles. The number of nitrogens with two attached hydrogens (primary N) is 1. The fraction of sp³-hybridized carbons (Fsp3) is 0.455. The first-order chi connectivity index (χ1) is 7.93. The molecule has 0 aliphatic heterocycles. The van der Waals surface area contributed by atoms with Gasteiger partial charge < -0.3 is 5.73 Å². The van der Waals surface area contributed by atoms with Crippen LogP contribution in [-0.4, -0.2) is 20.2 Å². The van der Waals surface area contributed by atoms with Crippen LogP contribution in [0, 0.1) is 11.6 Å². The Bertz CT molecular complexity index is 488. The van der Waals surface area contributed by atoms with Crippen molar-refractivity contribution in [2.75, 3.05) is 6.54 Å². The van der Waals surface area contributed by atoms with Crippen molar-refractivity contribution in [1.82, 2.24) is 0 Å². The average molecular weight is 263 g/mol. The van der Waals surface area contributed by atoms with Crippen LogP contribution >= 0.6 is 0 Å². The zero-order valence-electron chi connectivity index (χ0n) is 9.49. The van der Waals surface area contributed by atoms with E-state index in [4.69, 9.17) is 5.73 Å². The first kappa shape index (κ1) is 14.1. The lowest BCUT2D eigenvalue weighted by Crippen LogP contribution is -2.24. The molecule has 0 radical (unpaired) electrons.